The van der Waals surface area contributed by atoms with Crippen molar-refractivity contribution in [3.8, 4) is 0 Å². The highest BCUT2D eigenvalue weighted by molar-refractivity contribution is 6.01. The van der Waals surface area contributed by atoms with Gasteiger partial charge >= 0.3 is 5.69 Å². The van der Waals surface area contributed by atoms with Gasteiger partial charge in [0.15, 0.2) is 5.65 Å². The molecule has 0 aliphatic heterocycles. The van der Waals surface area contributed by atoms with Gasteiger partial charge in [-0.15, -0.1) is 0 Å². The Hall–Kier alpha value is -3.22. The predicted molar refractivity (Wildman–Crippen MR) is 100 cm³/mol. The van der Waals surface area contributed by atoms with Crippen LogP contribution < -0.4 is 16.6 Å². The number of hydrogen-bond acceptors (Lipinski definition) is 4. The second kappa shape index (κ2) is 6.95. The lowest BCUT2D eigenvalue weighted by atomic mass is 10.1. The van der Waals surface area contributed by atoms with Gasteiger partial charge in [0.1, 0.15) is 5.39 Å². The van der Waals surface area contributed by atoms with Crippen molar-refractivity contribution in [2.75, 3.05) is 5.32 Å². The molecule has 0 fully saturated rings. The second-order valence-corrected chi connectivity index (χ2v) is 6.13. The van der Waals surface area contributed by atoms with Crippen LogP contribution in [0.5, 0.6) is 0 Å². The second-order valence-electron chi connectivity index (χ2n) is 6.13. The van der Waals surface area contributed by atoms with E-state index in [1.54, 1.807) is 13.2 Å². The van der Waals surface area contributed by atoms with Gasteiger partial charge in [-0.05, 0) is 17.5 Å². The van der Waals surface area contributed by atoms with Crippen LogP contribution in [-0.4, -0.2) is 20.0 Å². The molecule has 0 aliphatic rings. The highest BCUT2D eigenvalue weighted by atomic mass is 16.2. The molecular weight excluding hydrogens is 332 g/mol. The van der Waals surface area contributed by atoms with Crippen LogP contribution in [-0.2, 0) is 31.7 Å². The minimum atomic E-state index is -0.471. The third-order valence-electron chi connectivity index (χ3n) is 4.40. The molecule has 0 atom stereocenters. The number of anilines is 1. The lowest BCUT2D eigenvalue weighted by Gasteiger charge is -2.15. The molecule has 0 aliphatic carbocycles. The molecule has 134 valence electrons. The summed E-state index contributed by atoms with van der Waals surface area (Å²) in [6.45, 7) is 1.92. The van der Waals surface area contributed by atoms with E-state index < -0.39 is 11.2 Å². The number of nitrogens with zero attached hydrogens (tertiary/aromatic N) is 3. The first-order valence-corrected chi connectivity index (χ1v) is 8.35. The highest BCUT2D eigenvalue weighted by Gasteiger charge is 2.18. The number of benzene rings is 1. The fourth-order valence-corrected chi connectivity index (χ4v) is 2.94. The number of rotatable bonds is 4. The molecule has 1 amide bonds. The summed E-state index contributed by atoms with van der Waals surface area (Å²) in [5.74, 6) is -0.227. The molecule has 1 N–H and O–H groups in total. The number of hydrogen-bond donors (Lipinski definition) is 1. The third-order valence-corrected chi connectivity index (χ3v) is 4.40. The van der Waals surface area contributed by atoms with Crippen molar-refractivity contribution in [1.82, 2.24) is 14.1 Å². The van der Waals surface area contributed by atoms with Gasteiger partial charge in [-0.25, -0.2) is 9.78 Å². The number of aryl methyl sites for hydroxylation is 2. The van der Waals surface area contributed by atoms with Crippen LogP contribution in [0.15, 0.2) is 46.1 Å². The van der Waals surface area contributed by atoms with Crippen LogP contribution in [0, 0.1) is 0 Å². The Morgan fingerprint density at radius 1 is 1.12 bits per heavy atom. The fourth-order valence-electron chi connectivity index (χ4n) is 2.94. The monoisotopic (exact) mass is 352 g/mol. The molecule has 7 nitrogen and oxygen atoms in total. The molecule has 7 heteroatoms. The van der Waals surface area contributed by atoms with Crippen LogP contribution in [0.1, 0.15) is 18.1 Å². The molecule has 2 heterocycles. The van der Waals surface area contributed by atoms with E-state index in [2.05, 4.69) is 10.3 Å². The summed E-state index contributed by atoms with van der Waals surface area (Å²) < 4.78 is 2.33. The maximum atomic E-state index is 12.7. The van der Waals surface area contributed by atoms with Crippen molar-refractivity contribution in [2.45, 2.75) is 19.8 Å². The number of nitrogens with one attached hydrogen (secondary N) is 1. The van der Waals surface area contributed by atoms with E-state index >= 15 is 0 Å². The number of amides is 1. The zero-order valence-corrected chi connectivity index (χ0v) is 14.9. The molecule has 0 saturated carbocycles. The lowest BCUT2D eigenvalue weighted by Crippen LogP contribution is -2.38. The van der Waals surface area contributed by atoms with Gasteiger partial charge in [0, 0.05) is 20.3 Å². The molecule has 3 aromatic rings. The largest absolute Gasteiger partial charge is 0.332 e. The first-order valence-electron chi connectivity index (χ1n) is 8.35. The zero-order chi connectivity index (χ0) is 18.8. The molecule has 3 rings (SSSR count). The predicted octanol–water partition coefficient (Wildman–Crippen LogP) is 1.38. The number of pyridine rings is 1. The number of fused-ring (bicyclic) bond motifs is 1. The summed E-state index contributed by atoms with van der Waals surface area (Å²) in [6, 6.07) is 9.36. The Morgan fingerprint density at radius 2 is 1.81 bits per heavy atom. The molecule has 0 unspecified atom stereocenters. The average Bonchev–Trinajstić information content (AvgIpc) is 2.65. The molecule has 0 radical (unpaired) electrons. The van der Waals surface area contributed by atoms with Crippen molar-refractivity contribution < 1.29 is 4.79 Å². The minimum Gasteiger partial charge on any atom is -0.325 e. The van der Waals surface area contributed by atoms with Gasteiger partial charge in [-0.1, -0.05) is 37.3 Å². The summed E-state index contributed by atoms with van der Waals surface area (Å²) in [7, 11) is 2.97. The standard InChI is InChI=1S/C19H20N4O3/c1-4-13-11-20-17-15(18(25)23(3)19(26)22(17)2)16(13)21-14(24)10-12-8-6-5-7-9-12/h5-9,11H,4,10H2,1-3H3,(H,20,21,24). The van der Waals surface area contributed by atoms with Gasteiger partial charge in [-0.3, -0.25) is 18.7 Å². The Bertz CT molecular complexity index is 1100. The topological polar surface area (TPSA) is 86.0 Å². The lowest BCUT2D eigenvalue weighted by molar-refractivity contribution is -0.115. The Kier molecular flexibility index (Phi) is 4.71. The maximum Gasteiger partial charge on any atom is 0.332 e. The van der Waals surface area contributed by atoms with Crippen LogP contribution >= 0.6 is 0 Å². The minimum absolute atomic E-state index is 0.194. The van der Waals surface area contributed by atoms with Crippen LogP contribution in [0.4, 0.5) is 5.69 Å². The molecule has 2 aromatic heterocycles. The maximum absolute atomic E-state index is 12.7. The van der Waals surface area contributed by atoms with Crippen molar-refractivity contribution in [3.05, 3.63) is 68.5 Å². The molecule has 1 aromatic carbocycles. The molecule has 0 saturated heterocycles. The smallest absolute Gasteiger partial charge is 0.325 e. The van der Waals surface area contributed by atoms with Gasteiger partial charge in [0.2, 0.25) is 5.91 Å². The molecule has 0 spiro atoms. The Balaban J connectivity index is 2.13. The normalized spacial score (nSPS) is 10.9. The quantitative estimate of drug-likeness (QED) is 0.768. The summed E-state index contributed by atoms with van der Waals surface area (Å²) in [4.78, 5) is 41.6. The number of carbonyl (C=O) groups excluding carboxylic acids is 1. The first kappa shape index (κ1) is 17.6. The van der Waals surface area contributed by atoms with Gasteiger partial charge in [0.25, 0.3) is 5.56 Å². The summed E-state index contributed by atoms with van der Waals surface area (Å²) >= 11 is 0. The highest BCUT2D eigenvalue weighted by Crippen LogP contribution is 2.23. The van der Waals surface area contributed by atoms with E-state index in [1.807, 2.05) is 37.3 Å². The summed E-state index contributed by atoms with van der Waals surface area (Å²) in [5, 5.41) is 3.11. The van der Waals surface area contributed by atoms with Crippen molar-refractivity contribution in [2.24, 2.45) is 14.1 Å². The Labute approximate surface area is 149 Å². The SMILES string of the molecule is CCc1cnc2c(c1NC(=O)Cc1ccccc1)c(=O)n(C)c(=O)n2C. The van der Waals surface area contributed by atoms with Crippen LogP contribution in [0.3, 0.4) is 0 Å². The fraction of sp³-hybridized carbons (Fsp3) is 0.263. The average molecular weight is 352 g/mol. The van der Waals surface area contributed by atoms with Crippen LogP contribution in [0.25, 0.3) is 11.0 Å². The van der Waals surface area contributed by atoms with Crippen LogP contribution in [0.2, 0.25) is 0 Å². The van der Waals surface area contributed by atoms with Crippen molar-refractivity contribution >= 4 is 22.6 Å². The first-order chi connectivity index (χ1) is 12.4. The van der Waals surface area contributed by atoms with Gasteiger partial charge in [0.05, 0.1) is 12.1 Å². The zero-order valence-electron chi connectivity index (χ0n) is 14.9. The van der Waals surface area contributed by atoms with E-state index in [0.717, 1.165) is 15.7 Å². The van der Waals surface area contributed by atoms with E-state index in [-0.39, 0.29) is 23.4 Å². The third kappa shape index (κ3) is 3.03. The van der Waals surface area contributed by atoms with Crippen molar-refractivity contribution in [1.29, 1.82) is 0 Å². The number of aromatic nitrogens is 3. The van der Waals surface area contributed by atoms with Gasteiger partial charge in [-0.2, -0.15) is 0 Å². The number of carbonyl (C=O) groups is 1. The summed E-state index contributed by atoms with van der Waals surface area (Å²) in [5.41, 5.74) is 1.37. The summed E-state index contributed by atoms with van der Waals surface area (Å²) in [6.07, 6.45) is 2.38. The van der Waals surface area contributed by atoms with Gasteiger partial charge < -0.3 is 5.32 Å². The Morgan fingerprint density at radius 3 is 2.46 bits per heavy atom. The van der Waals surface area contributed by atoms with E-state index in [4.69, 9.17) is 0 Å². The van der Waals surface area contributed by atoms with E-state index in [0.29, 0.717) is 12.1 Å². The van der Waals surface area contributed by atoms with Crippen molar-refractivity contribution in [3.63, 3.8) is 0 Å². The molecule has 26 heavy (non-hydrogen) atoms. The molecule has 0 bridgehead atoms. The molecular formula is C19H20N4O3. The van der Waals surface area contributed by atoms with E-state index in [1.165, 1.54) is 11.6 Å². The van der Waals surface area contributed by atoms with E-state index in [9.17, 15) is 14.4 Å².